The van der Waals surface area contributed by atoms with E-state index in [1.165, 1.54) is 10.4 Å². The first kappa shape index (κ1) is 15.8. The minimum absolute atomic E-state index is 0.0378. The Labute approximate surface area is 150 Å². The van der Waals surface area contributed by atoms with Crippen LogP contribution in [-0.4, -0.2) is 32.2 Å². The SMILES string of the molecule is C[C@@H]1Cc2ccccc2N1C(=O)Cn1nnc(-c2ccccc2Cl)n1. The fraction of sp³-hybridized carbons (Fsp3) is 0.222. The summed E-state index contributed by atoms with van der Waals surface area (Å²) in [5.41, 5.74) is 2.85. The van der Waals surface area contributed by atoms with Gasteiger partial charge in [0.15, 0.2) is 0 Å². The highest BCUT2D eigenvalue weighted by molar-refractivity contribution is 6.33. The number of carbonyl (C=O) groups is 1. The lowest BCUT2D eigenvalue weighted by atomic mass is 10.1. The van der Waals surface area contributed by atoms with E-state index < -0.39 is 0 Å². The largest absolute Gasteiger partial charge is 0.307 e. The maximum atomic E-state index is 12.8. The van der Waals surface area contributed by atoms with Crippen molar-refractivity contribution < 1.29 is 4.79 Å². The quantitative estimate of drug-likeness (QED) is 0.726. The Morgan fingerprint density at radius 2 is 1.96 bits per heavy atom. The molecule has 1 aliphatic rings. The molecule has 7 heteroatoms. The minimum Gasteiger partial charge on any atom is -0.307 e. The van der Waals surface area contributed by atoms with Crippen LogP contribution in [0.5, 0.6) is 0 Å². The molecular formula is C18H16ClN5O. The van der Waals surface area contributed by atoms with Crippen LogP contribution in [0.2, 0.25) is 5.02 Å². The second-order valence-electron chi connectivity index (χ2n) is 6.07. The normalized spacial score (nSPS) is 16.1. The molecule has 0 spiro atoms. The maximum absolute atomic E-state index is 12.8. The first-order chi connectivity index (χ1) is 12.1. The summed E-state index contributed by atoms with van der Waals surface area (Å²) in [5.74, 6) is 0.355. The van der Waals surface area contributed by atoms with Crippen LogP contribution >= 0.6 is 11.6 Å². The number of aromatic nitrogens is 4. The number of nitrogens with zero attached hydrogens (tertiary/aromatic N) is 5. The number of rotatable bonds is 3. The van der Waals surface area contributed by atoms with Crippen molar-refractivity contribution >= 4 is 23.2 Å². The van der Waals surface area contributed by atoms with Crippen molar-refractivity contribution in [1.82, 2.24) is 20.2 Å². The van der Waals surface area contributed by atoms with Crippen LogP contribution < -0.4 is 4.90 Å². The van der Waals surface area contributed by atoms with E-state index in [9.17, 15) is 4.79 Å². The molecule has 0 radical (unpaired) electrons. The predicted octanol–water partition coefficient (Wildman–Crippen LogP) is 2.97. The van der Waals surface area contributed by atoms with Crippen molar-refractivity contribution in [3.05, 3.63) is 59.1 Å². The van der Waals surface area contributed by atoms with E-state index >= 15 is 0 Å². The Kier molecular flexibility index (Phi) is 3.97. The molecule has 0 unspecified atom stereocenters. The van der Waals surface area contributed by atoms with Crippen LogP contribution in [0, 0.1) is 0 Å². The van der Waals surface area contributed by atoms with E-state index in [1.807, 2.05) is 48.2 Å². The first-order valence-electron chi connectivity index (χ1n) is 8.06. The number of para-hydroxylation sites is 1. The van der Waals surface area contributed by atoms with Gasteiger partial charge in [-0.2, -0.15) is 4.80 Å². The molecule has 126 valence electrons. The summed E-state index contributed by atoms with van der Waals surface area (Å²) in [6.07, 6.45) is 0.859. The highest BCUT2D eigenvalue weighted by Crippen LogP contribution is 2.32. The smallest absolute Gasteiger partial charge is 0.250 e. The van der Waals surface area contributed by atoms with Crippen LogP contribution in [0.3, 0.4) is 0 Å². The van der Waals surface area contributed by atoms with Crippen molar-refractivity contribution in [2.75, 3.05) is 4.90 Å². The van der Waals surface area contributed by atoms with Crippen LogP contribution in [0.4, 0.5) is 5.69 Å². The molecule has 0 fully saturated rings. The molecule has 0 saturated heterocycles. The molecule has 1 aromatic heterocycles. The highest BCUT2D eigenvalue weighted by Gasteiger charge is 2.30. The lowest BCUT2D eigenvalue weighted by molar-refractivity contribution is -0.119. The fourth-order valence-corrected chi connectivity index (χ4v) is 3.42. The number of carbonyl (C=O) groups excluding carboxylic acids is 1. The van der Waals surface area contributed by atoms with Crippen molar-refractivity contribution in [2.45, 2.75) is 25.9 Å². The van der Waals surface area contributed by atoms with Gasteiger partial charge >= 0.3 is 0 Å². The third kappa shape index (κ3) is 2.89. The molecule has 1 atom stereocenters. The number of hydrogen-bond acceptors (Lipinski definition) is 4. The average Bonchev–Trinajstić information content (AvgIpc) is 3.18. The number of benzene rings is 2. The van der Waals surface area contributed by atoms with Crippen molar-refractivity contribution in [1.29, 1.82) is 0 Å². The Bertz CT molecular complexity index is 938. The molecule has 2 heterocycles. The number of halogens is 1. The molecule has 0 N–H and O–H groups in total. The Morgan fingerprint density at radius 1 is 1.20 bits per heavy atom. The number of hydrogen-bond donors (Lipinski definition) is 0. The number of anilines is 1. The average molecular weight is 354 g/mol. The van der Waals surface area contributed by atoms with E-state index in [2.05, 4.69) is 21.5 Å². The van der Waals surface area contributed by atoms with Gasteiger partial charge in [0.1, 0.15) is 6.54 Å². The van der Waals surface area contributed by atoms with Gasteiger partial charge in [0.2, 0.25) is 5.82 Å². The summed E-state index contributed by atoms with van der Waals surface area (Å²) < 4.78 is 0. The second-order valence-corrected chi connectivity index (χ2v) is 6.48. The molecule has 2 aromatic carbocycles. The molecule has 4 rings (SSSR count). The summed E-state index contributed by atoms with van der Waals surface area (Å²) in [6, 6.07) is 15.4. The third-order valence-corrected chi connectivity index (χ3v) is 4.65. The van der Waals surface area contributed by atoms with E-state index in [0.717, 1.165) is 12.1 Å². The second kappa shape index (κ2) is 6.29. The van der Waals surface area contributed by atoms with E-state index in [4.69, 9.17) is 11.6 Å². The van der Waals surface area contributed by atoms with Crippen molar-refractivity contribution in [3.8, 4) is 11.4 Å². The van der Waals surface area contributed by atoms with Gasteiger partial charge in [0.05, 0.1) is 5.02 Å². The first-order valence-corrected chi connectivity index (χ1v) is 8.44. The third-order valence-electron chi connectivity index (χ3n) is 4.32. The molecular weight excluding hydrogens is 338 g/mol. The van der Waals surface area contributed by atoms with Crippen LogP contribution in [0.25, 0.3) is 11.4 Å². The Morgan fingerprint density at radius 3 is 2.80 bits per heavy atom. The highest BCUT2D eigenvalue weighted by atomic mass is 35.5. The molecule has 1 aliphatic heterocycles. The van der Waals surface area contributed by atoms with Crippen molar-refractivity contribution in [2.24, 2.45) is 0 Å². The minimum atomic E-state index is -0.0550. The molecule has 0 bridgehead atoms. The van der Waals surface area contributed by atoms with Gasteiger partial charge in [0, 0.05) is 17.3 Å². The molecule has 0 saturated carbocycles. The Balaban J connectivity index is 1.56. The van der Waals surface area contributed by atoms with Gasteiger partial charge in [-0.25, -0.2) is 0 Å². The fourth-order valence-electron chi connectivity index (χ4n) is 3.20. The van der Waals surface area contributed by atoms with E-state index in [-0.39, 0.29) is 18.5 Å². The lowest BCUT2D eigenvalue weighted by Crippen LogP contribution is -2.38. The predicted molar refractivity (Wildman–Crippen MR) is 95.4 cm³/mol. The zero-order valence-corrected chi connectivity index (χ0v) is 14.4. The molecule has 25 heavy (non-hydrogen) atoms. The number of tetrazole rings is 1. The standard InChI is InChI=1S/C18H16ClN5O/c1-12-10-13-6-2-5-9-16(13)24(12)17(25)11-23-21-18(20-22-23)14-7-3-4-8-15(14)19/h2-9,12H,10-11H2,1H3/t12-/m1/s1. The lowest BCUT2D eigenvalue weighted by Gasteiger charge is -2.22. The molecule has 3 aromatic rings. The van der Waals surface area contributed by atoms with Gasteiger partial charge in [-0.1, -0.05) is 41.9 Å². The zero-order chi connectivity index (χ0) is 17.4. The van der Waals surface area contributed by atoms with E-state index in [1.54, 1.807) is 6.07 Å². The Hall–Kier alpha value is -2.73. The maximum Gasteiger partial charge on any atom is 0.250 e. The van der Waals surface area contributed by atoms with Gasteiger partial charge in [-0.3, -0.25) is 4.79 Å². The molecule has 6 nitrogen and oxygen atoms in total. The van der Waals surface area contributed by atoms with Gasteiger partial charge in [-0.05, 0) is 42.3 Å². The van der Waals surface area contributed by atoms with E-state index in [0.29, 0.717) is 16.4 Å². The van der Waals surface area contributed by atoms with Gasteiger partial charge in [-0.15, -0.1) is 10.2 Å². The number of fused-ring (bicyclic) bond motifs is 1. The van der Waals surface area contributed by atoms with Crippen LogP contribution in [-0.2, 0) is 17.8 Å². The summed E-state index contributed by atoms with van der Waals surface area (Å²) in [4.78, 5) is 15.9. The van der Waals surface area contributed by atoms with Crippen LogP contribution in [0.1, 0.15) is 12.5 Å². The topological polar surface area (TPSA) is 63.9 Å². The molecule has 0 aliphatic carbocycles. The summed E-state index contributed by atoms with van der Waals surface area (Å²) in [7, 11) is 0. The monoisotopic (exact) mass is 353 g/mol. The van der Waals surface area contributed by atoms with Crippen LogP contribution in [0.15, 0.2) is 48.5 Å². The zero-order valence-electron chi connectivity index (χ0n) is 13.6. The van der Waals surface area contributed by atoms with Gasteiger partial charge in [0.25, 0.3) is 5.91 Å². The summed E-state index contributed by atoms with van der Waals surface area (Å²) in [5, 5.41) is 12.9. The van der Waals surface area contributed by atoms with Crippen molar-refractivity contribution in [3.63, 3.8) is 0 Å². The molecule has 1 amide bonds. The summed E-state index contributed by atoms with van der Waals surface area (Å²) >= 11 is 6.16. The number of amides is 1. The van der Waals surface area contributed by atoms with Gasteiger partial charge < -0.3 is 4.90 Å². The summed E-state index contributed by atoms with van der Waals surface area (Å²) in [6.45, 7) is 2.08.